The van der Waals surface area contributed by atoms with Gasteiger partial charge in [0.25, 0.3) is 0 Å². The zero-order valence-electron chi connectivity index (χ0n) is 20.1. The van der Waals surface area contributed by atoms with Crippen LogP contribution in [-0.2, 0) is 6.42 Å². The van der Waals surface area contributed by atoms with Gasteiger partial charge < -0.3 is 10.4 Å². The van der Waals surface area contributed by atoms with Crippen LogP contribution in [-0.4, -0.2) is 23.2 Å². The van der Waals surface area contributed by atoms with Gasteiger partial charge in [-0.15, -0.1) is 0 Å². The van der Waals surface area contributed by atoms with Crippen molar-refractivity contribution in [1.82, 2.24) is 4.98 Å². The molecule has 3 N–H and O–H groups in total. The summed E-state index contributed by atoms with van der Waals surface area (Å²) in [5, 5.41) is 12.8. The normalized spacial score (nSPS) is 10.7. The predicted molar refractivity (Wildman–Crippen MR) is 151 cm³/mol. The lowest BCUT2D eigenvalue weighted by Gasteiger charge is -2.19. The summed E-state index contributed by atoms with van der Waals surface area (Å²) in [4.78, 5) is 28.7. The van der Waals surface area contributed by atoms with Gasteiger partial charge in [0.05, 0.1) is 4.88 Å². The van der Waals surface area contributed by atoms with Crippen molar-refractivity contribution in [2.75, 3.05) is 17.3 Å². The largest absolute Gasteiger partial charge is 0.494 e. The molecule has 1 aromatic heterocycles. The molecule has 2 amide bonds. The number of anilines is 2. The average Bonchev–Trinajstić information content (AvgIpc) is 3.25. The predicted octanol–water partition coefficient (Wildman–Crippen LogP) is 6.74. The fourth-order valence-corrected chi connectivity index (χ4v) is 4.83. The Bertz CT molecular complexity index is 1570. The van der Waals surface area contributed by atoms with Crippen molar-refractivity contribution < 1.29 is 9.90 Å². The van der Waals surface area contributed by atoms with E-state index in [-0.39, 0.29) is 16.8 Å². The summed E-state index contributed by atoms with van der Waals surface area (Å²) in [5.41, 5.74) is 6.67. The minimum absolute atomic E-state index is 0.0692. The molecule has 0 aliphatic heterocycles. The topological polar surface area (TPSA) is 85.4 Å². The molecular weight excluding hydrogens is 482 g/mol. The minimum atomic E-state index is -0.265. The molecule has 5 aromatic rings. The molecule has 0 spiro atoms. The molecule has 0 saturated heterocycles. The van der Waals surface area contributed by atoms with E-state index in [1.165, 1.54) is 0 Å². The number of aromatic hydroxyl groups is 1. The third-order valence-corrected chi connectivity index (χ3v) is 7.01. The Balaban J connectivity index is 1.26. The Morgan fingerprint density at radius 3 is 2.14 bits per heavy atom. The zero-order valence-corrected chi connectivity index (χ0v) is 21.0. The van der Waals surface area contributed by atoms with Crippen LogP contribution in [0.15, 0.2) is 108 Å². The highest BCUT2D eigenvalue weighted by atomic mass is 32.1. The molecule has 0 saturated carbocycles. The van der Waals surface area contributed by atoms with Gasteiger partial charge in [-0.2, -0.15) is 0 Å². The maximum Gasteiger partial charge on any atom is 0.326 e. The highest BCUT2D eigenvalue weighted by Gasteiger charge is 2.13. The van der Waals surface area contributed by atoms with Crippen molar-refractivity contribution in [3.8, 4) is 28.1 Å². The molecule has 1 heterocycles. The number of thiazole rings is 1. The highest BCUT2D eigenvalue weighted by molar-refractivity contribution is 7.09. The van der Waals surface area contributed by atoms with Gasteiger partial charge in [0.15, 0.2) is 0 Å². The summed E-state index contributed by atoms with van der Waals surface area (Å²) >= 11 is 1.01. The summed E-state index contributed by atoms with van der Waals surface area (Å²) < 4.78 is 0. The summed E-state index contributed by atoms with van der Waals surface area (Å²) in [6.45, 7) is 0. The molecule has 7 heteroatoms. The van der Waals surface area contributed by atoms with Crippen LogP contribution in [0.2, 0.25) is 0 Å². The lowest BCUT2D eigenvalue weighted by molar-refractivity contribution is 0.258. The standard InChI is InChI=1S/C30H25N3O3S/c1-33(29(35)31-25-16-14-22(15-17-25)21-6-3-2-4-7-21)26-9-5-8-24(19-26)23-12-10-20(11-13-23)18-27-28(34)32-30(36)37-27/h2-17,19,34H,18H2,1H3,(H,31,35)(H,32,36). The fourth-order valence-electron chi connectivity index (χ4n) is 4.07. The molecule has 6 nitrogen and oxygen atoms in total. The molecule has 0 radical (unpaired) electrons. The van der Waals surface area contributed by atoms with E-state index in [0.717, 1.165) is 50.5 Å². The highest BCUT2D eigenvalue weighted by Crippen LogP contribution is 2.27. The Labute approximate surface area is 218 Å². The molecule has 0 unspecified atom stereocenters. The van der Waals surface area contributed by atoms with Crippen molar-refractivity contribution in [2.24, 2.45) is 0 Å². The van der Waals surface area contributed by atoms with Crippen molar-refractivity contribution in [1.29, 1.82) is 0 Å². The van der Waals surface area contributed by atoms with Gasteiger partial charge in [-0.05, 0) is 52.1 Å². The van der Waals surface area contributed by atoms with Crippen molar-refractivity contribution >= 4 is 28.7 Å². The first-order chi connectivity index (χ1) is 18.0. The van der Waals surface area contributed by atoms with E-state index in [1.54, 1.807) is 11.9 Å². The van der Waals surface area contributed by atoms with Gasteiger partial charge in [0.2, 0.25) is 5.88 Å². The Morgan fingerprint density at radius 2 is 1.46 bits per heavy atom. The number of aromatic amines is 1. The van der Waals surface area contributed by atoms with E-state index in [1.807, 2.05) is 91.0 Å². The number of aromatic nitrogens is 1. The van der Waals surface area contributed by atoms with Gasteiger partial charge >= 0.3 is 10.9 Å². The van der Waals surface area contributed by atoms with Crippen LogP contribution in [0.5, 0.6) is 5.88 Å². The number of rotatable bonds is 6. The average molecular weight is 508 g/mol. The van der Waals surface area contributed by atoms with E-state index in [0.29, 0.717) is 11.3 Å². The molecule has 5 rings (SSSR count). The number of H-pyrrole nitrogens is 1. The summed E-state index contributed by atoms with van der Waals surface area (Å²) in [6.07, 6.45) is 0.477. The van der Waals surface area contributed by atoms with Gasteiger partial charge in [0.1, 0.15) is 0 Å². The first-order valence-corrected chi connectivity index (χ1v) is 12.6. The van der Waals surface area contributed by atoms with Crippen LogP contribution >= 0.6 is 11.3 Å². The third-order valence-electron chi connectivity index (χ3n) is 6.13. The number of nitrogens with zero attached hydrogens (tertiary/aromatic N) is 1. The SMILES string of the molecule is CN(C(=O)Nc1ccc(-c2ccccc2)cc1)c1cccc(-c2ccc(Cc3sc(=O)[nH]c3O)cc2)c1. The molecule has 0 aliphatic rings. The maximum absolute atomic E-state index is 12.9. The van der Waals surface area contributed by atoms with Gasteiger partial charge in [-0.25, -0.2) is 4.79 Å². The molecule has 0 aliphatic carbocycles. The second-order valence-corrected chi connectivity index (χ2v) is 9.71. The van der Waals surface area contributed by atoms with E-state index in [4.69, 9.17) is 0 Å². The Morgan fingerprint density at radius 1 is 0.838 bits per heavy atom. The summed E-state index contributed by atoms with van der Waals surface area (Å²) in [6, 6.07) is 33.4. The number of carbonyl (C=O) groups excluding carboxylic acids is 1. The van der Waals surface area contributed by atoms with Gasteiger partial charge in [-0.3, -0.25) is 14.7 Å². The van der Waals surface area contributed by atoms with Crippen LogP contribution in [0.1, 0.15) is 10.4 Å². The van der Waals surface area contributed by atoms with Gasteiger partial charge in [0, 0.05) is 24.8 Å². The second-order valence-electron chi connectivity index (χ2n) is 8.64. The molecule has 0 atom stereocenters. The smallest absolute Gasteiger partial charge is 0.326 e. The van der Waals surface area contributed by atoms with E-state index in [9.17, 15) is 14.7 Å². The molecule has 37 heavy (non-hydrogen) atoms. The molecule has 0 bridgehead atoms. The molecular formula is C30H25N3O3S. The Kier molecular flexibility index (Phi) is 6.87. The third kappa shape index (κ3) is 5.63. The summed E-state index contributed by atoms with van der Waals surface area (Å²) in [7, 11) is 1.74. The number of nitrogens with one attached hydrogen (secondary N) is 2. The Hall–Kier alpha value is -4.62. The van der Waals surface area contributed by atoms with E-state index >= 15 is 0 Å². The van der Waals surface area contributed by atoms with Crippen LogP contribution in [0.3, 0.4) is 0 Å². The lowest BCUT2D eigenvalue weighted by Crippen LogP contribution is -2.31. The molecule has 4 aromatic carbocycles. The first-order valence-electron chi connectivity index (χ1n) is 11.8. The minimum Gasteiger partial charge on any atom is -0.494 e. The second kappa shape index (κ2) is 10.6. The van der Waals surface area contributed by atoms with Crippen LogP contribution in [0, 0.1) is 0 Å². The first kappa shape index (κ1) is 24.1. The van der Waals surface area contributed by atoms with Crippen molar-refractivity contribution in [2.45, 2.75) is 6.42 Å². The summed E-state index contributed by atoms with van der Waals surface area (Å²) in [5.74, 6) is -0.0692. The fraction of sp³-hybridized carbons (Fsp3) is 0.0667. The van der Waals surface area contributed by atoms with E-state index in [2.05, 4.69) is 22.4 Å². The van der Waals surface area contributed by atoms with Crippen LogP contribution in [0.4, 0.5) is 16.2 Å². The number of hydrogen-bond donors (Lipinski definition) is 3. The van der Waals surface area contributed by atoms with Crippen LogP contribution in [0.25, 0.3) is 22.3 Å². The molecule has 184 valence electrons. The quantitative estimate of drug-likeness (QED) is 0.238. The van der Waals surface area contributed by atoms with Crippen molar-refractivity contribution in [3.05, 3.63) is 123 Å². The number of benzene rings is 4. The number of hydrogen-bond acceptors (Lipinski definition) is 4. The van der Waals surface area contributed by atoms with Gasteiger partial charge in [-0.1, -0.05) is 90.2 Å². The number of amides is 2. The lowest BCUT2D eigenvalue weighted by atomic mass is 10.0. The maximum atomic E-state index is 12.9. The van der Waals surface area contributed by atoms with Crippen LogP contribution < -0.4 is 15.1 Å². The number of urea groups is 1. The van der Waals surface area contributed by atoms with Crippen molar-refractivity contribution in [3.63, 3.8) is 0 Å². The monoisotopic (exact) mass is 507 g/mol. The number of carbonyl (C=O) groups is 1. The molecule has 0 fully saturated rings. The zero-order chi connectivity index (χ0) is 25.8. The van der Waals surface area contributed by atoms with E-state index < -0.39 is 0 Å².